The molecule has 1 aromatic heterocycles. The van der Waals surface area contributed by atoms with Crippen LogP contribution < -0.4 is 0 Å². The third-order valence-electron chi connectivity index (χ3n) is 2.64. The first kappa shape index (κ1) is 15.6. The third-order valence-corrected chi connectivity index (χ3v) is 3.88. The van der Waals surface area contributed by atoms with Gasteiger partial charge in [-0.1, -0.05) is 23.7 Å². The highest BCUT2D eigenvalue weighted by atomic mass is 35.5. The highest BCUT2D eigenvalue weighted by Gasteiger charge is 2.11. The molecule has 0 aliphatic heterocycles. The zero-order valence-electron chi connectivity index (χ0n) is 11.6. The summed E-state index contributed by atoms with van der Waals surface area (Å²) in [5, 5.41) is 0.446. The minimum Gasteiger partial charge on any atom is -0.457 e. The van der Waals surface area contributed by atoms with Crippen molar-refractivity contribution in [3.63, 3.8) is 0 Å². The Bertz CT molecular complexity index is 716. The number of rotatable bonds is 4. The summed E-state index contributed by atoms with van der Waals surface area (Å²) in [5.41, 5.74) is 0.780. The lowest BCUT2D eigenvalue weighted by molar-refractivity contribution is -0.113. The fourth-order valence-electron chi connectivity index (χ4n) is 1.72. The molecule has 0 aliphatic rings. The predicted octanol–water partition coefficient (Wildman–Crippen LogP) is 4.81. The van der Waals surface area contributed by atoms with E-state index in [1.165, 1.54) is 13.8 Å². The van der Waals surface area contributed by atoms with E-state index >= 15 is 0 Å². The lowest BCUT2D eigenvalue weighted by atomic mass is 10.2. The maximum atomic E-state index is 11.5. The van der Waals surface area contributed by atoms with Crippen molar-refractivity contribution in [1.29, 1.82) is 0 Å². The molecule has 0 bridgehead atoms. The second-order valence-corrected chi connectivity index (χ2v) is 5.97. The molecule has 5 heteroatoms. The van der Waals surface area contributed by atoms with E-state index in [4.69, 9.17) is 16.0 Å². The molecule has 0 saturated carbocycles. The van der Waals surface area contributed by atoms with Gasteiger partial charge < -0.3 is 4.42 Å². The number of hydrogen-bond donors (Lipinski definition) is 0. The van der Waals surface area contributed by atoms with Gasteiger partial charge in [0.25, 0.3) is 0 Å². The van der Waals surface area contributed by atoms with Gasteiger partial charge in [0.2, 0.25) is 0 Å². The van der Waals surface area contributed by atoms with E-state index in [1.54, 1.807) is 24.3 Å². The number of ketones is 1. The van der Waals surface area contributed by atoms with Crippen LogP contribution in [-0.2, 0) is 9.59 Å². The topological polar surface area (TPSA) is 47.3 Å². The molecule has 21 heavy (non-hydrogen) atoms. The summed E-state index contributed by atoms with van der Waals surface area (Å²) in [4.78, 5) is 23.0. The molecule has 0 saturated heterocycles. The van der Waals surface area contributed by atoms with Gasteiger partial charge in [-0.2, -0.15) is 0 Å². The molecule has 0 N–H and O–H groups in total. The highest BCUT2D eigenvalue weighted by Crippen LogP contribution is 2.30. The maximum Gasteiger partial charge on any atom is 0.190 e. The van der Waals surface area contributed by atoms with Crippen molar-refractivity contribution in [3.8, 4) is 11.3 Å². The smallest absolute Gasteiger partial charge is 0.190 e. The largest absolute Gasteiger partial charge is 0.457 e. The molecule has 0 atom stereocenters. The molecule has 3 nitrogen and oxygen atoms in total. The molecule has 1 heterocycles. The fraction of sp³-hybridized carbons (Fsp3) is 0.125. The first-order chi connectivity index (χ1) is 9.97. The number of carbonyl (C=O) groups excluding carboxylic acids is 2. The molecule has 1 aromatic carbocycles. The average Bonchev–Trinajstić information content (AvgIpc) is 2.86. The molecule has 0 aliphatic carbocycles. The van der Waals surface area contributed by atoms with Gasteiger partial charge in [-0.05, 0) is 49.0 Å². The van der Waals surface area contributed by atoms with Crippen LogP contribution in [0.25, 0.3) is 17.4 Å². The van der Waals surface area contributed by atoms with Crippen molar-refractivity contribution >= 4 is 40.3 Å². The number of Topliss-reactive ketones (excluding diaryl/α,β-unsaturated/α-hetero) is 1. The Hall–Kier alpha value is -1.78. The average molecular weight is 321 g/mol. The van der Waals surface area contributed by atoms with E-state index in [0.29, 0.717) is 21.4 Å². The van der Waals surface area contributed by atoms with Gasteiger partial charge in [0.05, 0.1) is 9.93 Å². The molecule has 0 fully saturated rings. The van der Waals surface area contributed by atoms with Gasteiger partial charge in [-0.3, -0.25) is 9.59 Å². The van der Waals surface area contributed by atoms with Gasteiger partial charge in [0.1, 0.15) is 11.5 Å². The number of thioether (sulfide) groups is 1. The number of benzene rings is 1. The van der Waals surface area contributed by atoms with Crippen molar-refractivity contribution < 1.29 is 14.0 Å². The van der Waals surface area contributed by atoms with Crippen LogP contribution in [0.5, 0.6) is 0 Å². The monoisotopic (exact) mass is 320 g/mol. The Balaban J connectivity index is 2.33. The lowest BCUT2D eigenvalue weighted by Crippen LogP contribution is -1.95. The van der Waals surface area contributed by atoms with Gasteiger partial charge in [0, 0.05) is 12.5 Å². The summed E-state index contributed by atoms with van der Waals surface area (Å²) >= 11 is 7.01. The number of carbonyl (C=O) groups is 2. The Morgan fingerprint density at radius 1 is 1.14 bits per heavy atom. The molecule has 0 radical (unpaired) electrons. The summed E-state index contributed by atoms with van der Waals surface area (Å²) in [6, 6.07) is 10.9. The van der Waals surface area contributed by atoms with Crippen LogP contribution in [-0.4, -0.2) is 10.9 Å². The molecule has 0 unspecified atom stereocenters. The van der Waals surface area contributed by atoms with E-state index < -0.39 is 0 Å². The Labute approximate surface area is 132 Å². The standard InChI is InChI=1S/C16H13ClO3S/c1-10(18)16(21-11(2)19)9-12-7-8-15(20-12)13-5-3-4-6-14(13)17/h3-9H,1-2H3/b16-9-. The molecule has 2 rings (SSSR count). The molecule has 2 aromatic rings. The number of halogens is 1. The van der Waals surface area contributed by atoms with Gasteiger partial charge in [0.15, 0.2) is 10.9 Å². The van der Waals surface area contributed by atoms with Crippen LogP contribution in [0.2, 0.25) is 5.02 Å². The van der Waals surface area contributed by atoms with Crippen molar-refractivity contribution in [2.75, 3.05) is 0 Å². The van der Waals surface area contributed by atoms with Crippen LogP contribution in [0, 0.1) is 0 Å². The number of allylic oxidation sites excluding steroid dienone is 1. The minimum atomic E-state index is -0.175. The van der Waals surface area contributed by atoms with E-state index in [0.717, 1.165) is 17.3 Å². The van der Waals surface area contributed by atoms with Crippen LogP contribution in [0.15, 0.2) is 45.7 Å². The molecular weight excluding hydrogens is 308 g/mol. The van der Waals surface area contributed by atoms with Crippen LogP contribution >= 0.6 is 23.4 Å². The molecular formula is C16H13ClO3S. The van der Waals surface area contributed by atoms with E-state index in [-0.39, 0.29) is 10.9 Å². The molecule has 0 amide bonds. The van der Waals surface area contributed by atoms with Crippen LogP contribution in [0.4, 0.5) is 0 Å². The Kier molecular flexibility index (Phi) is 5.04. The van der Waals surface area contributed by atoms with E-state index in [2.05, 4.69) is 0 Å². The summed E-state index contributed by atoms with van der Waals surface area (Å²) in [6.07, 6.45) is 1.56. The first-order valence-corrected chi connectivity index (χ1v) is 7.42. The van der Waals surface area contributed by atoms with Gasteiger partial charge >= 0.3 is 0 Å². The second-order valence-electron chi connectivity index (χ2n) is 4.34. The zero-order chi connectivity index (χ0) is 15.4. The molecule has 0 spiro atoms. The SMILES string of the molecule is CC(=O)S/C(=C\c1ccc(-c2ccccc2Cl)o1)C(C)=O. The molecule has 108 valence electrons. The highest BCUT2D eigenvalue weighted by molar-refractivity contribution is 8.17. The van der Waals surface area contributed by atoms with Crippen LogP contribution in [0.3, 0.4) is 0 Å². The number of furan rings is 1. The predicted molar refractivity (Wildman–Crippen MR) is 86.1 cm³/mol. The van der Waals surface area contributed by atoms with E-state index in [9.17, 15) is 9.59 Å². The summed E-state index contributed by atoms with van der Waals surface area (Å²) in [7, 11) is 0. The van der Waals surface area contributed by atoms with Crippen molar-refractivity contribution in [3.05, 3.63) is 52.1 Å². The number of hydrogen-bond acceptors (Lipinski definition) is 4. The minimum absolute atomic E-state index is 0.144. The maximum absolute atomic E-state index is 11.5. The van der Waals surface area contributed by atoms with Gasteiger partial charge in [-0.15, -0.1) is 0 Å². The van der Waals surface area contributed by atoms with Crippen molar-refractivity contribution in [2.24, 2.45) is 0 Å². The second kappa shape index (κ2) is 6.78. The third kappa shape index (κ3) is 4.09. The summed E-state index contributed by atoms with van der Waals surface area (Å²) < 4.78 is 5.68. The lowest BCUT2D eigenvalue weighted by Gasteiger charge is -2.00. The Morgan fingerprint density at radius 2 is 1.86 bits per heavy atom. The van der Waals surface area contributed by atoms with Crippen molar-refractivity contribution in [1.82, 2.24) is 0 Å². The summed E-state index contributed by atoms with van der Waals surface area (Å²) in [6.45, 7) is 2.83. The first-order valence-electron chi connectivity index (χ1n) is 6.23. The van der Waals surface area contributed by atoms with E-state index in [1.807, 2.05) is 18.2 Å². The quantitative estimate of drug-likeness (QED) is 0.758. The van der Waals surface area contributed by atoms with Crippen LogP contribution in [0.1, 0.15) is 19.6 Å². The summed E-state index contributed by atoms with van der Waals surface area (Å²) in [5.74, 6) is 0.942. The van der Waals surface area contributed by atoms with Crippen molar-refractivity contribution in [2.45, 2.75) is 13.8 Å². The zero-order valence-corrected chi connectivity index (χ0v) is 13.1. The normalized spacial score (nSPS) is 11.5. The van der Waals surface area contributed by atoms with Gasteiger partial charge in [-0.25, -0.2) is 0 Å². The fourth-order valence-corrected chi connectivity index (χ4v) is 2.58. The Morgan fingerprint density at radius 3 is 2.48 bits per heavy atom.